The van der Waals surface area contributed by atoms with E-state index >= 15 is 0 Å². The number of nitrogens with one attached hydrogen (secondary N) is 2. The van der Waals surface area contributed by atoms with Crippen molar-refractivity contribution in [1.29, 1.82) is 0 Å². The van der Waals surface area contributed by atoms with Crippen LogP contribution in [-0.4, -0.2) is 17.5 Å². The van der Waals surface area contributed by atoms with Gasteiger partial charge in [0.05, 0.1) is 18.8 Å². The molecule has 0 amide bonds. The maximum Gasteiger partial charge on any atom is 0.191 e. The lowest BCUT2D eigenvalue weighted by Gasteiger charge is -2.12. The summed E-state index contributed by atoms with van der Waals surface area (Å²) in [6, 6.07) is 11.3. The molecule has 2 rings (SSSR count). The number of aromatic nitrogens is 1. The molecule has 5 heteroatoms. The van der Waals surface area contributed by atoms with Crippen LogP contribution in [0.2, 0.25) is 0 Å². The number of rotatable bonds is 7. The van der Waals surface area contributed by atoms with Crippen LogP contribution >= 0.6 is 0 Å². The number of nitrogens with zero attached hydrogens (tertiary/aromatic N) is 2. The summed E-state index contributed by atoms with van der Waals surface area (Å²) < 4.78 is 13.7. The maximum atomic E-state index is 13.7. The Morgan fingerprint density at radius 3 is 2.67 bits per heavy atom. The average Bonchev–Trinajstić information content (AvgIpc) is 2.59. The van der Waals surface area contributed by atoms with Crippen molar-refractivity contribution in [3.8, 4) is 0 Å². The molecular formula is C19H25FN4. The zero-order valence-electron chi connectivity index (χ0n) is 14.3. The van der Waals surface area contributed by atoms with Gasteiger partial charge in [-0.3, -0.25) is 4.98 Å². The van der Waals surface area contributed by atoms with E-state index in [4.69, 9.17) is 0 Å². The van der Waals surface area contributed by atoms with Crippen LogP contribution in [0.4, 0.5) is 4.39 Å². The molecule has 0 saturated carbocycles. The first-order valence-electron chi connectivity index (χ1n) is 8.36. The molecule has 0 atom stereocenters. The number of aliphatic imine (C=N–C) groups is 1. The molecule has 1 aromatic heterocycles. The van der Waals surface area contributed by atoms with Gasteiger partial charge in [0.2, 0.25) is 0 Å². The van der Waals surface area contributed by atoms with Gasteiger partial charge in [-0.1, -0.05) is 43.2 Å². The zero-order chi connectivity index (χ0) is 17.2. The fourth-order valence-electron chi connectivity index (χ4n) is 2.14. The number of aryl methyl sites for hydroxylation is 1. The third-order valence-electron chi connectivity index (χ3n) is 3.62. The molecule has 0 aliphatic carbocycles. The Kier molecular flexibility index (Phi) is 7.21. The fraction of sp³-hybridized carbons (Fsp3) is 0.368. The highest BCUT2D eigenvalue weighted by molar-refractivity contribution is 5.79. The molecule has 0 radical (unpaired) electrons. The van der Waals surface area contributed by atoms with Crippen LogP contribution in [0.3, 0.4) is 0 Å². The van der Waals surface area contributed by atoms with Crippen molar-refractivity contribution in [2.75, 3.05) is 6.54 Å². The van der Waals surface area contributed by atoms with Crippen molar-refractivity contribution in [3.63, 3.8) is 0 Å². The summed E-state index contributed by atoms with van der Waals surface area (Å²) in [5, 5.41) is 6.43. The van der Waals surface area contributed by atoms with Gasteiger partial charge in [-0.05, 0) is 31.0 Å². The lowest BCUT2D eigenvalue weighted by atomic mass is 10.1. The predicted octanol–water partition coefficient (Wildman–Crippen LogP) is 3.56. The number of guanidine groups is 1. The van der Waals surface area contributed by atoms with Crippen LogP contribution in [-0.2, 0) is 13.1 Å². The minimum absolute atomic E-state index is 0.304. The van der Waals surface area contributed by atoms with E-state index in [9.17, 15) is 4.39 Å². The monoisotopic (exact) mass is 328 g/mol. The Balaban J connectivity index is 1.98. The quantitative estimate of drug-likeness (QED) is 0.464. The SMILES string of the molecule is CCCCNC(=NCc1ccc(C)cc1)NCc1ncccc1F. The number of hydrogen-bond donors (Lipinski definition) is 2. The highest BCUT2D eigenvalue weighted by Gasteiger charge is 2.04. The van der Waals surface area contributed by atoms with Gasteiger partial charge in [0.15, 0.2) is 5.96 Å². The summed E-state index contributed by atoms with van der Waals surface area (Å²) in [5.74, 6) is 0.366. The van der Waals surface area contributed by atoms with Gasteiger partial charge in [0.1, 0.15) is 5.82 Å². The molecular weight excluding hydrogens is 303 g/mol. The lowest BCUT2D eigenvalue weighted by molar-refractivity contribution is 0.592. The van der Waals surface area contributed by atoms with Gasteiger partial charge in [-0.15, -0.1) is 0 Å². The molecule has 2 N–H and O–H groups in total. The van der Waals surface area contributed by atoms with Gasteiger partial charge in [-0.25, -0.2) is 9.38 Å². The summed E-state index contributed by atoms with van der Waals surface area (Å²) in [7, 11) is 0. The maximum absolute atomic E-state index is 13.7. The van der Waals surface area contributed by atoms with Gasteiger partial charge in [0, 0.05) is 12.7 Å². The first kappa shape index (κ1) is 17.9. The minimum Gasteiger partial charge on any atom is -0.356 e. The zero-order valence-corrected chi connectivity index (χ0v) is 14.3. The van der Waals surface area contributed by atoms with Gasteiger partial charge < -0.3 is 10.6 Å². The molecule has 2 aromatic rings. The number of halogens is 1. The van der Waals surface area contributed by atoms with E-state index in [0.29, 0.717) is 24.7 Å². The molecule has 24 heavy (non-hydrogen) atoms. The van der Waals surface area contributed by atoms with E-state index in [1.807, 2.05) is 0 Å². The molecule has 0 unspecified atom stereocenters. The van der Waals surface area contributed by atoms with E-state index in [2.05, 4.69) is 58.7 Å². The Morgan fingerprint density at radius 1 is 1.17 bits per heavy atom. The number of unbranched alkanes of at least 4 members (excludes halogenated alkanes) is 1. The second-order valence-corrected chi connectivity index (χ2v) is 5.72. The highest BCUT2D eigenvalue weighted by Crippen LogP contribution is 2.05. The Hall–Kier alpha value is -2.43. The first-order chi connectivity index (χ1) is 11.7. The third kappa shape index (κ3) is 5.99. The second-order valence-electron chi connectivity index (χ2n) is 5.72. The molecule has 0 aliphatic rings. The van der Waals surface area contributed by atoms with E-state index in [0.717, 1.165) is 24.9 Å². The molecule has 0 spiro atoms. The smallest absolute Gasteiger partial charge is 0.191 e. The van der Waals surface area contributed by atoms with Crippen molar-refractivity contribution in [2.24, 2.45) is 4.99 Å². The third-order valence-corrected chi connectivity index (χ3v) is 3.62. The lowest BCUT2D eigenvalue weighted by Crippen LogP contribution is -2.37. The summed E-state index contributed by atoms with van der Waals surface area (Å²) in [6.45, 7) is 5.92. The summed E-state index contributed by atoms with van der Waals surface area (Å²) >= 11 is 0. The second kappa shape index (κ2) is 9.65. The molecule has 128 valence electrons. The molecule has 0 bridgehead atoms. The van der Waals surface area contributed by atoms with Crippen molar-refractivity contribution in [2.45, 2.75) is 39.8 Å². The van der Waals surface area contributed by atoms with Crippen LogP contribution in [0.25, 0.3) is 0 Å². The molecule has 0 fully saturated rings. The molecule has 1 aromatic carbocycles. The topological polar surface area (TPSA) is 49.3 Å². The highest BCUT2D eigenvalue weighted by atomic mass is 19.1. The molecule has 0 aliphatic heterocycles. The Morgan fingerprint density at radius 2 is 1.96 bits per heavy atom. The Bertz CT molecular complexity index is 653. The Labute approximate surface area is 143 Å². The van der Waals surface area contributed by atoms with Gasteiger partial charge in [0.25, 0.3) is 0 Å². The normalized spacial score (nSPS) is 11.4. The molecule has 0 saturated heterocycles. The van der Waals surface area contributed by atoms with E-state index in [1.54, 1.807) is 12.3 Å². The number of hydrogen-bond acceptors (Lipinski definition) is 2. The van der Waals surface area contributed by atoms with E-state index < -0.39 is 0 Å². The van der Waals surface area contributed by atoms with Crippen molar-refractivity contribution in [3.05, 3.63) is 65.2 Å². The van der Waals surface area contributed by atoms with Crippen molar-refractivity contribution in [1.82, 2.24) is 15.6 Å². The van der Waals surface area contributed by atoms with Crippen LogP contribution in [0.5, 0.6) is 0 Å². The fourth-order valence-corrected chi connectivity index (χ4v) is 2.14. The van der Waals surface area contributed by atoms with Gasteiger partial charge >= 0.3 is 0 Å². The summed E-state index contributed by atoms with van der Waals surface area (Å²) in [6.07, 6.45) is 3.75. The summed E-state index contributed by atoms with van der Waals surface area (Å²) in [5.41, 5.74) is 2.76. The van der Waals surface area contributed by atoms with Crippen LogP contribution < -0.4 is 10.6 Å². The van der Waals surface area contributed by atoms with Crippen molar-refractivity contribution < 1.29 is 4.39 Å². The first-order valence-corrected chi connectivity index (χ1v) is 8.36. The molecule has 1 heterocycles. The van der Waals surface area contributed by atoms with Crippen molar-refractivity contribution >= 4 is 5.96 Å². The van der Waals surface area contributed by atoms with Crippen LogP contribution in [0.15, 0.2) is 47.6 Å². The predicted molar refractivity (Wildman–Crippen MR) is 96.3 cm³/mol. The van der Waals surface area contributed by atoms with Crippen LogP contribution in [0.1, 0.15) is 36.6 Å². The standard InChI is InChI=1S/C19H25FN4/c1-3-4-11-22-19(23-13-16-9-7-15(2)8-10-16)24-14-18-17(20)6-5-12-21-18/h5-10,12H,3-4,11,13-14H2,1-2H3,(H2,22,23,24). The van der Waals surface area contributed by atoms with Crippen LogP contribution in [0, 0.1) is 12.7 Å². The van der Waals surface area contributed by atoms with Gasteiger partial charge in [-0.2, -0.15) is 0 Å². The molecule has 4 nitrogen and oxygen atoms in total. The largest absolute Gasteiger partial charge is 0.356 e. The number of benzene rings is 1. The summed E-state index contributed by atoms with van der Waals surface area (Å²) in [4.78, 5) is 8.64. The average molecular weight is 328 g/mol. The van der Waals surface area contributed by atoms with E-state index in [-0.39, 0.29) is 5.82 Å². The minimum atomic E-state index is -0.309. The number of pyridine rings is 1. The van der Waals surface area contributed by atoms with E-state index in [1.165, 1.54) is 11.6 Å².